The highest BCUT2D eigenvalue weighted by molar-refractivity contribution is 5.94. The Bertz CT molecular complexity index is 1730. The number of fused-ring (bicyclic) bond motifs is 4. The van der Waals surface area contributed by atoms with Crippen LogP contribution < -0.4 is 16.0 Å². The lowest BCUT2D eigenvalue weighted by molar-refractivity contribution is -0.143. The van der Waals surface area contributed by atoms with Crippen molar-refractivity contribution in [2.75, 3.05) is 33.3 Å². The molecule has 268 valence electrons. The van der Waals surface area contributed by atoms with E-state index in [1.807, 2.05) is 36.4 Å². The van der Waals surface area contributed by atoms with Crippen molar-refractivity contribution in [1.29, 1.82) is 0 Å². The molecular formula is C41H49N5O5. The number of ether oxygens (including phenoxy) is 1. The molecule has 2 aliphatic carbocycles. The van der Waals surface area contributed by atoms with Crippen molar-refractivity contribution in [3.8, 4) is 11.1 Å². The SMILES string of the molecule is CC(C(=O)N[C@H](C(=O)N1CCCC1C(=O)N[C@@H]1CCCc2ccccc21)C1CCNCC1)N(C)C(=O)OCC1c2ccccc2-c2ccccc21. The Balaban J connectivity index is 1.00. The van der Waals surface area contributed by atoms with Crippen molar-refractivity contribution in [3.63, 3.8) is 0 Å². The van der Waals surface area contributed by atoms with Crippen molar-refractivity contribution in [1.82, 2.24) is 25.8 Å². The molecule has 3 aromatic rings. The maximum atomic E-state index is 14.4. The summed E-state index contributed by atoms with van der Waals surface area (Å²) in [5, 5.41) is 9.65. The van der Waals surface area contributed by atoms with Gasteiger partial charge in [0, 0.05) is 19.5 Å². The normalized spacial score (nSPS) is 21.1. The first kappa shape index (κ1) is 34.7. The lowest BCUT2D eigenvalue weighted by Gasteiger charge is -2.36. The minimum atomic E-state index is -0.887. The summed E-state index contributed by atoms with van der Waals surface area (Å²) in [6.45, 7) is 3.74. The number of nitrogens with zero attached hydrogens (tertiary/aromatic N) is 2. The van der Waals surface area contributed by atoms with E-state index in [-0.39, 0.29) is 36.3 Å². The quantitative estimate of drug-likeness (QED) is 0.293. The molecule has 0 aromatic heterocycles. The van der Waals surface area contributed by atoms with E-state index in [9.17, 15) is 19.2 Å². The number of carbonyl (C=O) groups is 4. The van der Waals surface area contributed by atoms with Gasteiger partial charge in [-0.2, -0.15) is 0 Å². The van der Waals surface area contributed by atoms with E-state index in [1.54, 1.807) is 18.9 Å². The Morgan fingerprint density at radius 1 is 0.863 bits per heavy atom. The largest absolute Gasteiger partial charge is 0.448 e. The van der Waals surface area contributed by atoms with Gasteiger partial charge in [0.2, 0.25) is 17.7 Å². The summed E-state index contributed by atoms with van der Waals surface area (Å²) >= 11 is 0. The van der Waals surface area contributed by atoms with Crippen LogP contribution in [0.2, 0.25) is 0 Å². The summed E-state index contributed by atoms with van der Waals surface area (Å²) < 4.78 is 5.83. The fourth-order valence-electron chi connectivity index (χ4n) is 8.52. The van der Waals surface area contributed by atoms with Crippen molar-refractivity contribution in [2.45, 2.75) is 82.0 Å². The van der Waals surface area contributed by atoms with Gasteiger partial charge in [0.05, 0.1) is 6.04 Å². The number of rotatable bonds is 9. The van der Waals surface area contributed by atoms with Crippen LogP contribution in [0.5, 0.6) is 0 Å². The van der Waals surface area contributed by atoms with Gasteiger partial charge >= 0.3 is 6.09 Å². The number of likely N-dealkylation sites (tertiary alicyclic amines) is 1. The molecule has 10 nitrogen and oxygen atoms in total. The summed E-state index contributed by atoms with van der Waals surface area (Å²) in [6.07, 6.45) is 5.01. The number of benzene rings is 3. The van der Waals surface area contributed by atoms with Gasteiger partial charge in [-0.25, -0.2) is 4.79 Å². The van der Waals surface area contributed by atoms with Gasteiger partial charge in [-0.1, -0.05) is 72.8 Å². The molecule has 7 rings (SSSR count). The fraction of sp³-hybridized carbons (Fsp3) is 0.463. The van der Waals surface area contributed by atoms with E-state index in [4.69, 9.17) is 4.74 Å². The highest BCUT2D eigenvalue weighted by atomic mass is 16.6. The van der Waals surface area contributed by atoms with Crippen molar-refractivity contribution < 1.29 is 23.9 Å². The van der Waals surface area contributed by atoms with E-state index in [2.05, 4.69) is 52.3 Å². The molecule has 2 aliphatic heterocycles. The third-order valence-electron chi connectivity index (χ3n) is 11.5. The van der Waals surface area contributed by atoms with Crippen LogP contribution in [0.1, 0.15) is 79.7 Å². The van der Waals surface area contributed by atoms with Gasteiger partial charge in [-0.05, 0) is 104 Å². The van der Waals surface area contributed by atoms with Crippen LogP contribution in [0.3, 0.4) is 0 Å². The van der Waals surface area contributed by atoms with Crippen molar-refractivity contribution in [3.05, 3.63) is 95.1 Å². The predicted molar refractivity (Wildman–Crippen MR) is 195 cm³/mol. The molecule has 0 saturated carbocycles. The summed E-state index contributed by atoms with van der Waals surface area (Å²) in [6, 6.07) is 22.2. The molecule has 10 heteroatoms. The zero-order chi connectivity index (χ0) is 35.5. The maximum absolute atomic E-state index is 14.4. The summed E-state index contributed by atoms with van der Waals surface area (Å²) in [4.78, 5) is 58.3. The lowest BCUT2D eigenvalue weighted by atomic mass is 9.87. The van der Waals surface area contributed by atoms with Crippen LogP contribution in [0.4, 0.5) is 4.79 Å². The zero-order valence-corrected chi connectivity index (χ0v) is 29.6. The van der Waals surface area contributed by atoms with Crippen LogP contribution in [-0.2, 0) is 25.5 Å². The first-order chi connectivity index (χ1) is 24.8. The van der Waals surface area contributed by atoms with Gasteiger partial charge < -0.3 is 25.6 Å². The molecule has 3 N–H and O–H groups in total. The maximum Gasteiger partial charge on any atom is 0.410 e. The van der Waals surface area contributed by atoms with Gasteiger partial charge in [-0.3, -0.25) is 19.3 Å². The number of hydrogen-bond donors (Lipinski definition) is 3. The molecule has 2 heterocycles. The Labute approximate surface area is 300 Å². The number of nitrogens with one attached hydrogen (secondary N) is 3. The first-order valence-corrected chi connectivity index (χ1v) is 18.6. The van der Waals surface area contributed by atoms with E-state index in [0.29, 0.717) is 13.0 Å². The Morgan fingerprint density at radius 2 is 1.51 bits per heavy atom. The number of hydrogen-bond acceptors (Lipinski definition) is 6. The molecule has 0 spiro atoms. The molecule has 4 atom stereocenters. The van der Waals surface area contributed by atoms with Gasteiger partial charge in [0.25, 0.3) is 0 Å². The molecule has 4 amide bonds. The summed E-state index contributed by atoms with van der Waals surface area (Å²) in [5.74, 6) is -0.986. The molecule has 2 fully saturated rings. The molecule has 2 saturated heterocycles. The number of amides is 4. The zero-order valence-electron chi connectivity index (χ0n) is 29.6. The lowest BCUT2D eigenvalue weighted by Crippen LogP contribution is -2.59. The number of likely N-dealkylation sites (N-methyl/N-ethyl adjacent to an activating group) is 1. The summed E-state index contributed by atoms with van der Waals surface area (Å²) in [7, 11) is 1.55. The van der Waals surface area contributed by atoms with Crippen LogP contribution in [-0.4, -0.2) is 85.0 Å². The minimum absolute atomic E-state index is 0.0748. The van der Waals surface area contributed by atoms with Crippen LogP contribution in [0.25, 0.3) is 11.1 Å². The Kier molecular flexibility index (Phi) is 10.4. The second-order valence-corrected chi connectivity index (χ2v) is 14.5. The van der Waals surface area contributed by atoms with Gasteiger partial charge in [0.1, 0.15) is 24.7 Å². The van der Waals surface area contributed by atoms with Crippen molar-refractivity contribution in [2.24, 2.45) is 5.92 Å². The third-order valence-corrected chi connectivity index (χ3v) is 11.5. The monoisotopic (exact) mass is 691 g/mol. The first-order valence-electron chi connectivity index (χ1n) is 18.6. The van der Waals surface area contributed by atoms with Crippen LogP contribution in [0, 0.1) is 5.92 Å². The Morgan fingerprint density at radius 3 is 2.22 bits per heavy atom. The topological polar surface area (TPSA) is 120 Å². The summed E-state index contributed by atoms with van der Waals surface area (Å²) in [5.41, 5.74) is 6.92. The van der Waals surface area contributed by atoms with E-state index in [0.717, 1.165) is 79.4 Å². The smallest absolute Gasteiger partial charge is 0.410 e. The van der Waals surface area contributed by atoms with E-state index in [1.165, 1.54) is 10.5 Å². The van der Waals surface area contributed by atoms with Crippen molar-refractivity contribution >= 4 is 23.8 Å². The molecule has 0 bridgehead atoms. The highest BCUT2D eigenvalue weighted by Gasteiger charge is 2.42. The Hall–Kier alpha value is -4.70. The average molecular weight is 692 g/mol. The second kappa shape index (κ2) is 15.3. The highest BCUT2D eigenvalue weighted by Crippen LogP contribution is 2.44. The second-order valence-electron chi connectivity index (χ2n) is 14.5. The molecule has 2 unspecified atom stereocenters. The third kappa shape index (κ3) is 7.11. The average Bonchev–Trinajstić information content (AvgIpc) is 3.79. The molecule has 51 heavy (non-hydrogen) atoms. The fourth-order valence-corrected chi connectivity index (χ4v) is 8.52. The molecular weight excluding hydrogens is 642 g/mol. The number of carbonyl (C=O) groups excluding carboxylic acids is 4. The standard InChI is InChI=1S/C41H49N5O5/c1-26(45(2)41(50)51-25-34-32-16-7-5-14-30(32)31-15-6-8-17-33(31)34)38(47)44-37(28-20-22-42-23-21-28)40(49)46-24-10-19-36(46)39(48)43-35-18-9-12-27-11-3-4-13-29(27)35/h3-8,11,13-17,26,28,34-37,42H,9-10,12,18-25H2,1-2H3,(H,43,48)(H,44,47)/t26?,35-,36?,37+/m1/s1. The van der Waals surface area contributed by atoms with Gasteiger partial charge in [-0.15, -0.1) is 0 Å². The number of piperidine rings is 1. The minimum Gasteiger partial charge on any atom is -0.448 e. The van der Waals surface area contributed by atoms with E-state index >= 15 is 0 Å². The van der Waals surface area contributed by atoms with Crippen LogP contribution >= 0.6 is 0 Å². The molecule has 4 aliphatic rings. The van der Waals surface area contributed by atoms with Crippen LogP contribution in [0.15, 0.2) is 72.8 Å². The number of aryl methyl sites for hydroxylation is 1. The molecule has 3 aromatic carbocycles. The predicted octanol–water partition coefficient (Wildman–Crippen LogP) is 4.93. The van der Waals surface area contributed by atoms with E-state index < -0.39 is 30.1 Å². The molecule has 0 radical (unpaired) electrons. The van der Waals surface area contributed by atoms with Gasteiger partial charge in [0.15, 0.2) is 0 Å².